The number of guanidine groups is 1. The summed E-state index contributed by atoms with van der Waals surface area (Å²) >= 11 is 1.84. The molecule has 6 nitrogen and oxygen atoms in total. The number of nitrogens with zero attached hydrogens (tertiary/aromatic N) is 3. The third-order valence-corrected chi connectivity index (χ3v) is 4.38. The Hall–Kier alpha value is -1.16. The monoisotopic (exact) mass is 449 g/mol. The number of aliphatic imine (C=N–C) groups is 1. The third kappa shape index (κ3) is 6.86. The highest BCUT2D eigenvalue weighted by atomic mass is 127. The van der Waals surface area contributed by atoms with E-state index in [0.717, 1.165) is 38.3 Å². The van der Waals surface area contributed by atoms with Crippen LogP contribution in [-0.4, -0.2) is 29.7 Å². The molecule has 23 heavy (non-hydrogen) atoms. The van der Waals surface area contributed by atoms with Crippen molar-refractivity contribution < 1.29 is 4.52 Å². The average Bonchev–Trinajstić information content (AvgIpc) is 3.15. The molecule has 0 spiro atoms. The summed E-state index contributed by atoms with van der Waals surface area (Å²) in [6.45, 7) is 5.61. The van der Waals surface area contributed by atoms with Gasteiger partial charge in [0.1, 0.15) is 0 Å². The summed E-state index contributed by atoms with van der Waals surface area (Å²) in [6.07, 6.45) is 2.78. The molecule has 2 aromatic heterocycles. The van der Waals surface area contributed by atoms with E-state index in [-0.39, 0.29) is 24.0 Å². The third-order valence-electron chi connectivity index (χ3n) is 3.15. The van der Waals surface area contributed by atoms with E-state index in [1.54, 1.807) is 7.05 Å². The van der Waals surface area contributed by atoms with Gasteiger partial charge in [0.2, 0.25) is 5.89 Å². The second-order valence-corrected chi connectivity index (χ2v) is 6.17. The lowest BCUT2D eigenvalue weighted by Crippen LogP contribution is -2.37. The van der Waals surface area contributed by atoms with E-state index < -0.39 is 0 Å². The lowest BCUT2D eigenvalue weighted by Gasteiger charge is -2.10. The maximum atomic E-state index is 5.08. The first kappa shape index (κ1) is 19.9. The molecule has 0 saturated carbocycles. The van der Waals surface area contributed by atoms with Gasteiger partial charge in [-0.15, -0.1) is 35.3 Å². The summed E-state index contributed by atoms with van der Waals surface area (Å²) in [5, 5.41) is 10.4. The lowest BCUT2D eigenvalue weighted by molar-refractivity contribution is 0.372. The first-order chi connectivity index (χ1) is 10.7. The van der Waals surface area contributed by atoms with Crippen molar-refractivity contribution in [2.24, 2.45) is 4.99 Å². The number of nitrogens with one attached hydrogen (secondary N) is 2. The number of rotatable bonds is 7. The molecular formula is C15H24IN5OS. The predicted molar refractivity (Wildman–Crippen MR) is 105 cm³/mol. The lowest BCUT2D eigenvalue weighted by atomic mass is 10.3. The van der Waals surface area contributed by atoms with Crippen molar-refractivity contribution >= 4 is 41.3 Å². The molecule has 2 N–H and O–H groups in total. The molecule has 0 radical (unpaired) electrons. The fourth-order valence-electron chi connectivity index (χ4n) is 1.99. The first-order valence-corrected chi connectivity index (χ1v) is 8.34. The molecule has 0 aliphatic carbocycles. The van der Waals surface area contributed by atoms with Crippen molar-refractivity contribution in [2.75, 3.05) is 13.6 Å². The molecule has 0 aliphatic rings. The van der Waals surface area contributed by atoms with Crippen LogP contribution in [0.2, 0.25) is 0 Å². The molecule has 0 bridgehead atoms. The van der Waals surface area contributed by atoms with Crippen LogP contribution in [0.25, 0.3) is 0 Å². The van der Waals surface area contributed by atoms with Gasteiger partial charge >= 0.3 is 0 Å². The molecule has 0 fully saturated rings. The Bertz CT molecular complexity index is 611. The highest BCUT2D eigenvalue weighted by Crippen LogP contribution is 2.16. The fourth-order valence-corrected chi connectivity index (χ4v) is 2.88. The molecule has 0 amide bonds. The van der Waals surface area contributed by atoms with E-state index in [9.17, 15) is 0 Å². The molecule has 0 unspecified atom stereocenters. The van der Waals surface area contributed by atoms with Gasteiger partial charge in [0, 0.05) is 29.8 Å². The number of hydrogen-bond acceptors (Lipinski definition) is 5. The van der Waals surface area contributed by atoms with Crippen LogP contribution in [0.15, 0.2) is 21.6 Å². The zero-order valence-electron chi connectivity index (χ0n) is 13.8. The Morgan fingerprint density at radius 2 is 2.09 bits per heavy atom. The molecule has 2 rings (SSSR count). The minimum atomic E-state index is 0. The maximum absolute atomic E-state index is 5.08. The van der Waals surface area contributed by atoms with Gasteiger partial charge in [0.25, 0.3) is 0 Å². The summed E-state index contributed by atoms with van der Waals surface area (Å²) < 4.78 is 5.08. The molecule has 2 heterocycles. The highest BCUT2D eigenvalue weighted by Gasteiger charge is 2.03. The Labute approximate surface area is 158 Å². The molecule has 8 heteroatoms. The van der Waals surface area contributed by atoms with Crippen molar-refractivity contribution in [2.45, 2.75) is 39.7 Å². The predicted octanol–water partition coefficient (Wildman–Crippen LogP) is 2.92. The van der Waals surface area contributed by atoms with Crippen molar-refractivity contribution in [1.82, 2.24) is 20.8 Å². The van der Waals surface area contributed by atoms with Crippen LogP contribution in [-0.2, 0) is 19.4 Å². The zero-order valence-corrected chi connectivity index (χ0v) is 16.9. The molecule has 0 atom stereocenters. The smallest absolute Gasteiger partial charge is 0.226 e. The van der Waals surface area contributed by atoms with E-state index in [4.69, 9.17) is 4.52 Å². The van der Waals surface area contributed by atoms with Gasteiger partial charge in [-0.1, -0.05) is 12.1 Å². The Morgan fingerprint density at radius 1 is 1.30 bits per heavy atom. The second-order valence-electron chi connectivity index (χ2n) is 4.91. The van der Waals surface area contributed by atoms with E-state index in [2.05, 4.69) is 44.8 Å². The van der Waals surface area contributed by atoms with Gasteiger partial charge in [0.15, 0.2) is 11.8 Å². The summed E-state index contributed by atoms with van der Waals surface area (Å²) in [5.74, 6) is 2.18. The zero-order chi connectivity index (χ0) is 15.8. The van der Waals surface area contributed by atoms with Crippen molar-refractivity contribution in [3.8, 4) is 0 Å². The van der Waals surface area contributed by atoms with E-state index in [1.807, 2.05) is 18.3 Å². The van der Waals surface area contributed by atoms with Gasteiger partial charge in [0.05, 0.1) is 6.54 Å². The van der Waals surface area contributed by atoms with Gasteiger partial charge < -0.3 is 15.2 Å². The van der Waals surface area contributed by atoms with E-state index in [0.29, 0.717) is 11.7 Å². The van der Waals surface area contributed by atoms with Crippen LogP contribution in [0.1, 0.15) is 34.8 Å². The van der Waals surface area contributed by atoms with E-state index >= 15 is 0 Å². The number of halogens is 1. The molecule has 2 aromatic rings. The standard InChI is InChI=1S/C15H23N5OS.HI/c1-4-12-7-8-13(22-12)10-18-15(16-3)17-9-5-6-14-19-11(2)20-21-14;/h7-8H,4-6,9-10H2,1-3H3,(H2,16,17,18);1H. The fraction of sp³-hybridized carbons (Fsp3) is 0.533. The molecule has 128 valence electrons. The number of thiophene rings is 1. The number of hydrogen-bond donors (Lipinski definition) is 2. The van der Waals surface area contributed by atoms with Gasteiger partial charge in [-0.2, -0.15) is 4.98 Å². The Kier molecular flexibility index (Phi) is 9.15. The minimum Gasteiger partial charge on any atom is -0.356 e. The summed E-state index contributed by atoms with van der Waals surface area (Å²) in [7, 11) is 1.78. The molecule has 0 aromatic carbocycles. The van der Waals surface area contributed by atoms with Crippen LogP contribution in [0.5, 0.6) is 0 Å². The van der Waals surface area contributed by atoms with Crippen LogP contribution < -0.4 is 10.6 Å². The summed E-state index contributed by atoms with van der Waals surface area (Å²) in [5.41, 5.74) is 0. The van der Waals surface area contributed by atoms with E-state index in [1.165, 1.54) is 9.75 Å². The van der Waals surface area contributed by atoms with Crippen LogP contribution >= 0.6 is 35.3 Å². The summed E-state index contributed by atoms with van der Waals surface area (Å²) in [6, 6.07) is 4.35. The van der Waals surface area contributed by atoms with Crippen molar-refractivity contribution in [3.05, 3.63) is 33.6 Å². The van der Waals surface area contributed by atoms with Crippen LogP contribution in [0.3, 0.4) is 0 Å². The quantitative estimate of drug-likeness (QED) is 0.294. The summed E-state index contributed by atoms with van der Waals surface area (Å²) in [4.78, 5) is 11.1. The average molecular weight is 449 g/mol. The van der Waals surface area contributed by atoms with Crippen LogP contribution in [0.4, 0.5) is 0 Å². The minimum absolute atomic E-state index is 0. The molecule has 0 aliphatic heterocycles. The Balaban J connectivity index is 0.00000264. The highest BCUT2D eigenvalue weighted by molar-refractivity contribution is 14.0. The van der Waals surface area contributed by atoms with Crippen molar-refractivity contribution in [1.29, 1.82) is 0 Å². The number of aryl methyl sites for hydroxylation is 3. The number of aromatic nitrogens is 2. The molecular weight excluding hydrogens is 425 g/mol. The van der Waals surface area contributed by atoms with Gasteiger partial charge in [-0.3, -0.25) is 4.99 Å². The van der Waals surface area contributed by atoms with Gasteiger partial charge in [-0.05, 0) is 31.9 Å². The normalized spacial score (nSPS) is 11.2. The second kappa shape index (κ2) is 10.6. The van der Waals surface area contributed by atoms with Gasteiger partial charge in [-0.25, -0.2) is 0 Å². The maximum Gasteiger partial charge on any atom is 0.226 e. The first-order valence-electron chi connectivity index (χ1n) is 7.52. The SMILES string of the molecule is CCc1ccc(CNC(=NC)NCCCc2nc(C)no2)s1.I. The van der Waals surface area contributed by atoms with Crippen molar-refractivity contribution in [3.63, 3.8) is 0 Å². The largest absolute Gasteiger partial charge is 0.356 e. The van der Waals surface area contributed by atoms with Crippen LogP contribution in [0, 0.1) is 6.92 Å². The topological polar surface area (TPSA) is 75.3 Å². The Morgan fingerprint density at radius 3 is 2.70 bits per heavy atom. The molecule has 0 saturated heterocycles.